The molecule has 0 heterocycles. The van der Waals surface area contributed by atoms with E-state index in [-0.39, 0.29) is 4.46 Å². The van der Waals surface area contributed by atoms with E-state index in [9.17, 15) is 0 Å². The molecule has 0 aliphatic carbocycles. The molecule has 2 rings (SSSR count). The number of hydrogen-bond acceptors (Lipinski definition) is 0. The van der Waals surface area contributed by atoms with E-state index in [1.807, 2.05) is 18.2 Å². The zero-order valence-corrected chi connectivity index (χ0v) is 12.9. The monoisotopic (exact) mass is 292 g/mol. The summed E-state index contributed by atoms with van der Waals surface area (Å²) in [5.74, 6) is 0. The van der Waals surface area contributed by atoms with Crippen molar-refractivity contribution in [1.29, 1.82) is 0 Å². The Hall–Kier alpha value is -1.02. The van der Waals surface area contributed by atoms with Crippen LogP contribution in [0.5, 0.6) is 0 Å². The third-order valence-corrected chi connectivity index (χ3v) is 4.99. The maximum atomic E-state index is 5.82. The highest BCUT2D eigenvalue weighted by molar-refractivity contribution is 6.75. The normalized spacial score (nSPS) is 11.3. The summed E-state index contributed by atoms with van der Waals surface area (Å²) in [7, 11) is -0.579. The fourth-order valence-corrected chi connectivity index (χ4v) is 3.76. The molecule has 0 atom stereocenters. The third kappa shape index (κ3) is 3.48. The van der Waals surface area contributed by atoms with Crippen LogP contribution in [0.2, 0.25) is 0 Å². The zero-order chi connectivity index (χ0) is 13.0. The lowest BCUT2D eigenvalue weighted by Gasteiger charge is -2.07. The number of alkyl halides is 2. The van der Waals surface area contributed by atoms with Crippen LogP contribution in [0.4, 0.5) is 0 Å². The van der Waals surface area contributed by atoms with Crippen LogP contribution in [-0.4, -0.2) is 14.0 Å². The summed E-state index contributed by atoms with van der Waals surface area (Å²) >= 11 is 11.6. The van der Waals surface area contributed by atoms with Crippen LogP contribution >= 0.6 is 23.2 Å². The molecular formula is C15H14Cl2Si. The molecule has 18 heavy (non-hydrogen) atoms. The molecule has 0 saturated heterocycles. The molecule has 2 aromatic carbocycles. The summed E-state index contributed by atoms with van der Waals surface area (Å²) in [6.45, 7) is 4.15. The van der Waals surface area contributed by atoms with Crippen molar-refractivity contribution < 1.29 is 0 Å². The molecule has 2 aromatic rings. The van der Waals surface area contributed by atoms with Gasteiger partial charge < -0.3 is 0 Å². The van der Waals surface area contributed by atoms with Gasteiger partial charge in [-0.2, -0.15) is 0 Å². The highest BCUT2D eigenvalue weighted by Gasteiger charge is 2.04. The van der Waals surface area contributed by atoms with Gasteiger partial charge in [-0.1, -0.05) is 66.4 Å². The molecule has 0 N–H and O–H groups in total. The molecule has 0 aliphatic rings. The summed E-state index contributed by atoms with van der Waals surface area (Å²) < 4.78 is -0.215. The number of hydrogen-bond donors (Lipinski definition) is 0. The zero-order valence-electron chi connectivity index (χ0n) is 9.94. The number of halogens is 2. The summed E-state index contributed by atoms with van der Waals surface area (Å²) in [5, 5.41) is 1.27. The first-order chi connectivity index (χ1) is 8.66. The highest BCUT2D eigenvalue weighted by atomic mass is 35.5. The van der Waals surface area contributed by atoms with Gasteiger partial charge in [0.25, 0.3) is 0 Å². The van der Waals surface area contributed by atoms with Gasteiger partial charge in [0.05, 0.1) is 14.0 Å². The molecule has 92 valence electrons. The molecule has 0 bridgehead atoms. The van der Waals surface area contributed by atoms with Crippen LogP contribution in [0, 0.1) is 0 Å². The van der Waals surface area contributed by atoms with Crippen LogP contribution in [-0.2, 0) is 0 Å². The SMILES string of the molecule is C=C(c1ccccc1)c1ccc([SiH2]C(Cl)Cl)cc1. The minimum atomic E-state index is -0.579. The van der Waals surface area contributed by atoms with Crippen LogP contribution in [0.15, 0.2) is 61.2 Å². The van der Waals surface area contributed by atoms with Crippen molar-refractivity contribution in [1.82, 2.24) is 0 Å². The molecule has 0 fully saturated rings. The molecule has 0 radical (unpaired) electrons. The van der Waals surface area contributed by atoms with E-state index in [1.165, 1.54) is 5.19 Å². The molecular weight excluding hydrogens is 279 g/mol. The standard InChI is InChI=1S/C15H14Cl2Si/c1-11(12-5-3-2-4-6-12)13-7-9-14(10-8-13)18-15(16)17/h2-10,15H,1,18H2. The fourth-order valence-electron chi connectivity index (χ4n) is 1.83. The molecule has 0 nitrogen and oxygen atoms in total. The first-order valence-electron chi connectivity index (χ1n) is 5.78. The molecule has 0 amide bonds. The van der Waals surface area contributed by atoms with E-state index in [0.29, 0.717) is 0 Å². The third-order valence-electron chi connectivity index (χ3n) is 2.81. The highest BCUT2D eigenvalue weighted by Crippen LogP contribution is 2.20. The quantitative estimate of drug-likeness (QED) is 0.599. The van der Waals surface area contributed by atoms with Gasteiger partial charge in [-0.05, 0) is 16.7 Å². The Morgan fingerprint density at radius 3 is 2.00 bits per heavy atom. The maximum Gasteiger partial charge on any atom is 0.0957 e. The molecule has 0 aromatic heterocycles. The van der Waals surface area contributed by atoms with E-state index < -0.39 is 9.52 Å². The average molecular weight is 293 g/mol. The summed E-state index contributed by atoms with van der Waals surface area (Å²) in [5.41, 5.74) is 3.33. The van der Waals surface area contributed by atoms with Gasteiger partial charge in [-0.25, -0.2) is 0 Å². The van der Waals surface area contributed by atoms with Crippen molar-refractivity contribution in [2.24, 2.45) is 0 Å². The minimum absolute atomic E-state index is 0.215. The molecule has 0 aliphatic heterocycles. The lowest BCUT2D eigenvalue weighted by Crippen LogP contribution is -2.19. The minimum Gasteiger partial charge on any atom is -0.110 e. The predicted octanol–water partition coefficient (Wildman–Crippen LogP) is 3.30. The van der Waals surface area contributed by atoms with Gasteiger partial charge >= 0.3 is 0 Å². The number of rotatable bonds is 4. The van der Waals surface area contributed by atoms with Crippen LogP contribution in [0.25, 0.3) is 5.57 Å². The van der Waals surface area contributed by atoms with E-state index >= 15 is 0 Å². The van der Waals surface area contributed by atoms with Gasteiger partial charge in [0.15, 0.2) is 0 Å². The van der Waals surface area contributed by atoms with E-state index in [1.54, 1.807) is 0 Å². The second kappa shape index (κ2) is 6.23. The van der Waals surface area contributed by atoms with Crippen LogP contribution in [0.1, 0.15) is 11.1 Å². The van der Waals surface area contributed by atoms with E-state index in [0.717, 1.165) is 16.7 Å². The fraction of sp³-hybridized carbons (Fsp3) is 0.0667. The molecule has 0 unspecified atom stereocenters. The number of benzene rings is 2. The maximum absolute atomic E-state index is 5.82. The molecule has 0 saturated carbocycles. The van der Waals surface area contributed by atoms with Gasteiger partial charge in [0.1, 0.15) is 0 Å². The Morgan fingerprint density at radius 2 is 1.44 bits per heavy atom. The lowest BCUT2D eigenvalue weighted by molar-refractivity contribution is 1.57. The second-order valence-electron chi connectivity index (χ2n) is 4.14. The van der Waals surface area contributed by atoms with Crippen molar-refractivity contribution >= 4 is 43.5 Å². The summed E-state index contributed by atoms with van der Waals surface area (Å²) in [6, 6.07) is 18.6. The Bertz CT molecular complexity index is 518. The topological polar surface area (TPSA) is 0 Å². The largest absolute Gasteiger partial charge is 0.110 e. The Morgan fingerprint density at radius 1 is 0.889 bits per heavy atom. The van der Waals surface area contributed by atoms with Crippen molar-refractivity contribution in [2.45, 2.75) is 4.46 Å². The van der Waals surface area contributed by atoms with E-state index in [2.05, 4.69) is 43.0 Å². The first-order valence-corrected chi connectivity index (χ1v) is 8.18. The van der Waals surface area contributed by atoms with Crippen molar-refractivity contribution in [3.8, 4) is 0 Å². The average Bonchev–Trinajstić information content (AvgIpc) is 2.39. The smallest absolute Gasteiger partial charge is 0.0957 e. The van der Waals surface area contributed by atoms with Gasteiger partial charge in [-0.3, -0.25) is 0 Å². The first kappa shape index (κ1) is 13.4. The molecule has 0 spiro atoms. The van der Waals surface area contributed by atoms with E-state index in [4.69, 9.17) is 23.2 Å². The van der Waals surface area contributed by atoms with Gasteiger partial charge in [0.2, 0.25) is 0 Å². The van der Waals surface area contributed by atoms with Crippen LogP contribution < -0.4 is 5.19 Å². The van der Waals surface area contributed by atoms with Crippen molar-refractivity contribution in [2.75, 3.05) is 0 Å². The Balaban J connectivity index is 2.17. The van der Waals surface area contributed by atoms with Gasteiger partial charge in [-0.15, -0.1) is 23.2 Å². The Labute approximate surface area is 120 Å². The van der Waals surface area contributed by atoms with Crippen molar-refractivity contribution in [3.05, 3.63) is 72.3 Å². The second-order valence-corrected chi connectivity index (χ2v) is 8.49. The van der Waals surface area contributed by atoms with Crippen molar-refractivity contribution in [3.63, 3.8) is 0 Å². The summed E-state index contributed by atoms with van der Waals surface area (Å²) in [4.78, 5) is 0. The van der Waals surface area contributed by atoms with Crippen LogP contribution in [0.3, 0.4) is 0 Å². The predicted molar refractivity (Wildman–Crippen MR) is 84.7 cm³/mol. The summed E-state index contributed by atoms with van der Waals surface area (Å²) in [6.07, 6.45) is 0. The lowest BCUT2D eigenvalue weighted by atomic mass is 10.00. The van der Waals surface area contributed by atoms with Gasteiger partial charge in [0, 0.05) is 0 Å². The Kier molecular flexibility index (Phi) is 4.64. The molecule has 3 heteroatoms.